The summed E-state index contributed by atoms with van der Waals surface area (Å²) < 4.78 is 2.42. The zero-order chi connectivity index (χ0) is 40.2. The van der Waals surface area contributed by atoms with E-state index >= 15 is 0 Å². The third-order valence-corrected chi connectivity index (χ3v) is 12.6. The summed E-state index contributed by atoms with van der Waals surface area (Å²) in [5.74, 6) is 0. The van der Waals surface area contributed by atoms with E-state index in [1.807, 2.05) is 23.5 Å². The minimum atomic E-state index is 0.195. The topological polar surface area (TPSA) is 3.24 Å². The number of nitrogens with zero attached hydrogens (tertiary/aromatic N) is 1. The lowest BCUT2D eigenvalue weighted by Gasteiger charge is -2.27. The second-order valence-corrected chi connectivity index (χ2v) is 15.8. The molecular weight excluding hydrogens is 725 g/mol. The van der Waals surface area contributed by atoms with Crippen LogP contribution < -0.4 is 32.2 Å². The number of hydrogen-bond acceptors (Lipinski definition) is 2. The Kier molecular flexibility index (Phi) is 9.42. The third-order valence-electron chi connectivity index (χ3n) is 11.4. The van der Waals surface area contributed by atoms with Crippen molar-refractivity contribution in [1.82, 2.24) is 0 Å². The molecule has 0 atom stereocenters. The summed E-state index contributed by atoms with van der Waals surface area (Å²) in [6, 6.07) is 64.5. The smallest absolute Gasteiger partial charge is 0.113 e. The van der Waals surface area contributed by atoms with Crippen molar-refractivity contribution in [2.24, 2.45) is 0 Å². The second-order valence-electron chi connectivity index (χ2n) is 14.8. The van der Waals surface area contributed by atoms with Crippen LogP contribution in [0.2, 0.25) is 0 Å². The molecule has 1 heterocycles. The Hall–Kier alpha value is -6.42. The molecular formula is C52H30B5NS. The van der Waals surface area contributed by atoms with Gasteiger partial charge in [0.1, 0.15) is 39.2 Å². The van der Waals surface area contributed by atoms with Crippen molar-refractivity contribution in [2.45, 2.75) is 0 Å². The lowest BCUT2D eigenvalue weighted by atomic mass is 9.60. The highest BCUT2D eigenvalue weighted by Gasteiger charge is 2.22. The first-order chi connectivity index (χ1) is 28.9. The van der Waals surface area contributed by atoms with Crippen LogP contribution >= 0.6 is 11.3 Å². The predicted octanol–water partition coefficient (Wildman–Crippen LogP) is 9.31. The molecule has 0 spiro atoms. The summed E-state index contributed by atoms with van der Waals surface area (Å²) >= 11 is 1.83. The van der Waals surface area contributed by atoms with Crippen LogP contribution in [-0.2, 0) is 0 Å². The molecule has 0 amide bonds. The van der Waals surface area contributed by atoms with Crippen molar-refractivity contribution in [3.05, 3.63) is 182 Å². The molecule has 0 N–H and O–H groups in total. The van der Waals surface area contributed by atoms with Gasteiger partial charge in [-0.1, -0.05) is 163 Å². The molecule has 0 aliphatic heterocycles. The van der Waals surface area contributed by atoms with E-state index in [4.69, 9.17) is 39.2 Å². The molecule has 264 valence electrons. The van der Waals surface area contributed by atoms with Gasteiger partial charge in [0, 0.05) is 26.8 Å². The summed E-state index contributed by atoms with van der Waals surface area (Å²) in [4.78, 5) is 2.33. The van der Waals surface area contributed by atoms with Crippen LogP contribution in [0.25, 0.3) is 75.5 Å². The molecule has 0 fully saturated rings. The van der Waals surface area contributed by atoms with E-state index in [1.54, 1.807) is 0 Å². The molecule has 0 saturated carbocycles. The van der Waals surface area contributed by atoms with Crippen LogP contribution in [0.3, 0.4) is 0 Å². The highest BCUT2D eigenvalue weighted by atomic mass is 32.1. The van der Waals surface area contributed by atoms with Crippen molar-refractivity contribution in [1.29, 1.82) is 0 Å². The quantitative estimate of drug-likeness (QED) is 0.147. The van der Waals surface area contributed by atoms with Gasteiger partial charge < -0.3 is 4.90 Å². The predicted molar refractivity (Wildman–Crippen MR) is 260 cm³/mol. The van der Waals surface area contributed by atoms with E-state index in [-0.39, 0.29) is 16.4 Å². The molecule has 0 saturated heterocycles. The highest BCUT2D eigenvalue weighted by molar-refractivity contribution is 7.27. The van der Waals surface area contributed by atoms with Gasteiger partial charge in [-0.2, -0.15) is 0 Å². The summed E-state index contributed by atoms with van der Waals surface area (Å²) in [6.07, 6.45) is 0. The van der Waals surface area contributed by atoms with E-state index in [0.717, 1.165) is 28.2 Å². The van der Waals surface area contributed by atoms with Crippen LogP contribution in [0.1, 0.15) is 0 Å². The summed E-state index contributed by atoms with van der Waals surface area (Å²) in [5, 5.41) is 4.87. The van der Waals surface area contributed by atoms with Gasteiger partial charge in [0.25, 0.3) is 0 Å². The lowest BCUT2D eigenvalue weighted by Crippen LogP contribution is -2.55. The van der Waals surface area contributed by atoms with Crippen molar-refractivity contribution in [3.8, 4) is 44.5 Å². The first kappa shape index (κ1) is 36.9. The summed E-state index contributed by atoms with van der Waals surface area (Å²) in [7, 11) is 31.8. The molecule has 0 unspecified atom stereocenters. The molecule has 1 aromatic heterocycles. The van der Waals surface area contributed by atoms with Gasteiger partial charge in [0.05, 0.1) is 10.4 Å². The number of fused-ring (bicyclic) bond motifs is 4. The molecule has 0 aliphatic carbocycles. The van der Waals surface area contributed by atoms with Crippen molar-refractivity contribution >= 4 is 126 Å². The second kappa shape index (κ2) is 15.1. The molecule has 9 aromatic carbocycles. The Morgan fingerprint density at radius 3 is 1.49 bits per heavy atom. The van der Waals surface area contributed by atoms with Crippen LogP contribution in [0.5, 0.6) is 0 Å². The number of benzene rings is 9. The van der Waals surface area contributed by atoms with Gasteiger partial charge >= 0.3 is 0 Å². The first-order valence-electron chi connectivity index (χ1n) is 19.5. The first-order valence-corrected chi connectivity index (χ1v) is 20.3. The number of hydrogen-bond donors (Lipinski definition) is 0. The summed E-state index contributed by atoms with van der Waals surface area (Å²) in [6.45, 7) is 0. The van der Waals surface area contributed by atoms with E-state index in [2.05, 4.69) is 175 Å². The van der Waals surface area contributed by atoms with Crippen LogP contribution in [-0.4, -0.2) is 39.2 Å². The number of thiophene rings is 1. The third kappa shape index (κ3) is 6.33. The van der Waals surface area contributed by atoms with Gasteiger partial charge in [0.15, 0.2) is 0 Å². The van der Waals surface area contributed by atoms with Gasteiger partial charge in [-0.15, -0.1) is 27.7 Å². The molecule has 7 heteroatoms. The Morgan fingerprint density at radius 1 is 0.339 bits per heavy atom. The average Bonchev–Trinajstić information content (AvgIpc) is 3.69. The van der Waals surface area contributed by atoms with Gasteiger partial charge in [-0.3, -0.25) is 0 Å². The van der Waals surface area contributed by atoms with E-state index in [9.17, 15) is 0 Å². The Balaban J connectivity index is 1.19. The number of anilines is 3. The normalized spacial score (nSPS) is 11.4. The minimum Gasteiger partial charge on any atom is -0.309 e. The molecule has 59 heavy (non-hydrogen) atoms. The Labute approximate surface area is 355 Å². The Bertz CT molecular complexity index is 3160. The maximum atomic E-state index is 6.52. The summed E-state index contributed by atoms with van der Waals surface area (Å²) in [5.41, 5.74) is 12.8. The van der Waals surface area contributed by atoms with Crippen LogP contribution in [0.4, 0.5) is 17.1 Å². The van der Waals surface area contributed by atoms with E-state index in [0.29, 0.717) is 16.5 Å². The van der Waals surface area contributed by atoms with E-state index in [1.165, 1.54) is 58.8 Å². The van der Waals surface area contributed by atoms with Crippen molar-refractivity contribution in [2.75, 3.05) is 4.90 Å². The fourth-order valence-electron chi connectivity index (χ4n) is 8.40. The van der Waals surface area contributed by atoms with Gasteiger partial charge in [0.2, 0.25) is 0 Å². The molecule has 10 rings (SSSR count). The molecule has 1 nitrogen and oxygen atoms in total. The SMILES string of the molecule is [B]c1c([B])c([B])c(-c2ccc(N(c3ccc(-c4cccc5ccccc45)cc3)c3cccc4c3sc3c(-c5ccccc5)ccc(-c5ccccc5)c34)cc2)c([B])c1[B]. The number of rotatable bonds is 7. The fourth-order valence-corrected chi connectivity index (χ4v) is 9.76. The maximum absolute atomic E-state index is 6.52. The van der Waals surface area contributed by atoms with Gasteiger partial charge in [-0.25, -0.2) is 0 Å². The van der Waals surface area contributed by atoms with Crippen LogP contribution in [0.15, 0.2) is 182 Å². The average molecular weight is 755 g/mol. The molecule has 0 bridgehead atoms. The Morgan fingerprint density at radius 2 is 0.831 bits per heavy atom. The maximum Gasteiger partial charge on any atom is 0.113 e. The largest absolute Gasteiger partial charge is 0.309 e. The standard InChI is InChI=1S/C52H30B5NS/c53-46-44(47(54)49(56)50(57)48(46)55)35-23-27-37(28-24-35)58(36-25-21-34(22-26-36)39-18-9-16-31-15-7-8-17-38(31)39)43-20-10-19-42-45-40(32-11-3-1-4-12-32)29-30-41(52(45)59-51(42)43)33-13-5-2-6-14-33/h1-30H. The van der Waals surface area contributed by atoms with E-state index < -0.39 is 0 Å². The zero-order valence-electron chi connectivity index (χ0n) is 32.1. The molecule has 10 radical (unpaired) electrons. The minimum absolute atomic E-state index is 0.195. The zero-order valence-corrected chi connectivity index (χ0v) is 32.9. The van der Waals surface area contributed by atoms with Crippen molar-refractivity contribution < 1.29 is 0 Å². The monoisotopic (exact) mass is 755 g/mol. The van der Waals surface area contributed by atoms with Gasteiger partial charge in [-0.05, 0) is 85.6 Å². The lowest BCUT2D eigenvalue weighted by molar-refractivity contribution is 1.30. The van der Waals surface area contributed by atoms with Crippen LogP contribution in [0, 0.1) is 0 Å². The molecule has 10 aromatic rings. The van der Waals surface area contributed by atoms with Crippen molar-refractivity contribution in [3.63, 3.8) is 0 Å². The highest BCUT2D eigenvalue weighted by Crippen LogP contribution is 2.50. The molecule has 0 aliphatic rings. The fraction of sp³-hybridized carbons (Fsp3) is 0.